The number of nitrogen functional groups attached to an aromatic ring is 1. The Morgan fingerprint density at radius 2 is 2.26 bits per heavy atom. The van der Waals surface area contributed by atoms with Gasteiger partial charge in [-0.25, -0.2) is 4.57 Å². The van der Waals surface area contributed by atoms with Crippen LogP contribution >= 0.6 is 23.3 Å². The van der Waals surface area contributed by atoms with Crippen molar-refractivity contribution in [2.24, 2.45) is 5.16 Å². The SMILES string of the molecule is CCc1ccc[n+](CC2=C(C(=O)[O-])N3C(=O)C(NC(=O)C(=NOC)c4nsc(N)n4)[C@@H]3SC2)c1. The maximum absolute atomic E-state index is 12.9. The van der Waals surface area contributed by atoms with Crippen LogP contribution in [0.2, 0.25) is 0 Å². The zero-order chi connectivity index (χ0) is 24.4. The number of thioether (sulfide) groups is 1. The average molecular weight is 504 g/mol. The van der Waals surface area contributed by atoms with Crippen LogP contribution in [0.15, 0.2) is 41.0 Å². The molecule has 14 heteroatoms. The minimum Gasteiger partial charge on any atom is -0.543 e. The van der Waals surface area contributed by atoms with Crippen molar-refractivity contribution in [1.29, 1.82) is 0 Å². The number of aliphatic carboxylic acids is 1. The van der Waals surface area contributed by atoms with Gasteiger partial charge in [0.05, 0.1) is 11.7 Å². The van der Waals surface area contributed by atoms with Crippen molar-refractivity contribution in [2.75, 3.05) is 18.6 Å². The van der Waals surface area contributed by atoms with Crippen LogP contribution in [0.3, 0.4) is 0 Å². The molecule has 2 aromatic heterocycles. The number of carboxylic acid groups (broad SMARTS) is 1. The first kappa shape index (κ1) is 23.6. The van der Waals surface area contributed by atoms with Crippen LogP contribution in [-0.2, 0) is 32.2 Å². The number of aryl methyl sites for hydroxylation is 1. The van der Waals surface area contributed by atoms with Gasteiger partial charge in [-0.05, 0) is 12.5 Å². The molecule has 12 nitrogen and oxygen atoms in total. The molecule has 1 unspecified atom stereocenters. The molecule has 4 rings (SSSR count). The zero-order valence-corrected chi connectivity index (χ0v) is 19.9. The maximum atomic E-state index is 12.9. The van der Waals surface area contributed by atoms with E-state index < -0.39 is 29.2 Å². The third-order valence-electron chi connectivity index (χ3n) is 5.28. The van der Waals surface area contributed by atoms with E-state index >= 15 is 0 Å². The summed E-state index contributed by atoms with van der Waals surface area (Å²) in [6.45, 7) is 2.33. The maximum Gasteiger partial charge on any atom is 0.278 e. The van der Waals surface area contributed by atoms with Crippen molar-refractivity contribution in [1.82, 2.24) is 19.6 Å². The molecule has 3 N–H and O–H groups in total. The molecule has 0 aromatic carbocycles. The van der Waals surface area contributed by atoms with Gasteiger partial charge in [0.25, 0.3) is 11.8 Å². The number of hydrogen-bond donors (Lipinski definition) is 2. The van der Waals surface area contributed by atoms with E-state index in [9.17, 15) is 19.5 Å². The van der Waals surface area contributed by atoms with E-state index in [1.165, 1.54) is 23.8 Å². The zero-order valence-electron chi connectivity index (χ0n) is 18.3. The van der Waals surface area contributed by atoms with E-state index in [-0.39, 0.29) is 22.4 Å². The second kappa shape index (κ2) is 9.77. The third-order valence-corrected chi connectivity index (χ3v) is 7.16. The number of amides is 2. The van der Waals surface area contributed by atoms with Crippen LogP contribution in [0, 0.1) is 0 Å². The van der Waals surface area contributed by atoms with Gasteiger partial charge in [-0.2, -0.15) is 9.36 Å². The molecular formula is C20H21N7O5S2. The van der Waals surface area contributed by atoms with Gasteiger partial charge >= 0.3 is 0 Å². The molecule has 2 atom stereocenters. The number of oxime groups is 1. The van der Waals surface area contributed by atoms with Crippen LogP contribution in [-0.4, -0.2) is 62.0 Å². The van der Waals surface area contributed by atoms with E-state index in [4.69, 9.17) is 10.6 Å². The van der Waals surface area contributed by atoms with Gasteiger partial charge in [0, 0.05) is 34.5 Å². The van der Waals surface area contributed by atoms with Crippen LogP contribution in [0.5, 0.6) is 0 Å². The highest BCUT2D eigenvalue weighted by molar-refractivity contribution is 8.00. The number of carbonyl (C=O) groups is 3. The number of nitrogens with one attached hydrogen (secondary N) is 1. The lowest BCUT2D eigenvalue weighted by molar-refractivity contribution is -0.689. The number of aromatic nitrogens is 3. The fourth-order valence-corrected chi connectivity index (χ4v) is 5.48. The van der Waals surface area contributed by atoms with Crippen molar-refractivity contribution in [2.45, 2.75) is 31.3 Å². The summed E-state index contributed by atoms with van der Waals surface area (Å²) < 4.78 is 5.82. The summed E-state index contributed by atoms with van der Waals surface area (Å²) in [6, 6.07) is 2.92. The Hall–Kier alpha value is -3.52. The first-order valence-electron chi connectivity index (χ1n) is 10.2. The third kappa shape index (κ3) is 4.46. The largest absolute Gasteiger partial charge is 0.543 e. The summed E-state index contributed by atoms with van der Waals surface area (Å²) in [5, 5.41) is 17.8. The molecule has 1 fully saturated rings. The Balaban J connectivity index is 1.53. The molecule has 1 saturated heterocycles. The fourth-order valence-electron chi connectivity index (χ4n) is 3.71. The summed E-state index contributed by atoms with van der Waals surface area (Å²) in [7, 11) is 1.25. The normalized spacial score (nSPS) is 20.0. The van der Waals surface area contributed by atoms with E-state index in [2.05, 4.69) is 19.8 Å². The predicted molar refractivity (Wildman–Crippen MR) is 121 cm³/mol. The quantitative estimate of drug-likeness (QED) is 0.187. The van der Waals surface area contributed by atoms with Gasteiger partial charge in [-0.1, -0.05) is 12.1 Å². The van der Waals surface area contributed by atoms with E-state index in [1.807, 2.05) is 36.0 Å². The lowest BCUT2D eigenvalue weighted by atomic mass is 10.0. The minimum absolute atomic E-state index is 0.0364. The number of nitrogens with zero attached hydrogens (tertiary/aromatic N) is 5. The number of pyridine rings is 1. The Bertz CT molecular complexity index is 1210. The van der Waals surface area contributed by atoms with E-state index in [1.54, 1.807) is 0 Å². The van der Waals surface area contributed by atoms with E-state index in [0.717, 1.165) is 23.5 Å². The second-order valence-corrected chi connectivity index (χ2v) is 9.31. The summed E-state index contributed by atoms with van der Waals surface area (Å²) in [6.07, 6.45) is 4.62. The highest BCUT2D eigenvalue weighted by Crippen LogP contribution is 2.40. The molecular weight excluding hydrogens is 482 g/mol. The minimum atomic E-state index is -1.44. The first-order chi connectivity index (χ1) is 16.3. The average Bonchev–Trinajstić information content (AvgIpc) is 3.26. The summed E-state index contributed by atoms with van der Waals surface area (Å²) >= 11 is 2.24. The van der Waals surface area contributed by atoms with Crippen molar-refractivity contribution in [3.05, 3.63) is 47.2 Å². The Labute approximate surface area is 202 Å². The molecule has 0 spiro atoms. The summed E-state index contributed by atoms with van der Waals surface area (Å²) in [5.41, 5.74) is 6.83. The Kier molecular flexibility index (Phi) is 6.79. The van der Waals surface area contributed by atoms with Gasteiger partial charge in [0.1, 0.15) is 18.5 Å². The number of nitrogens with two attached hydrogens (primary N) is 1. The lowest BCUT2D eigenvalue weighted by Gasteiger charge is -2.50. The van der Waals surface area contributed by atoms with Gasteiger partial charge in [-0.15, -0.1) is 11.8 Å². The van der Waals surface area contributed by atoms with E-state index in [0.29, 0.717) is 17.9 Å². The molecule has 2 aromatic rings. The highest BCUT2D eigenvalue weighted by atomic mass is 32.2. The molecule has 0 saturated carbocycles. The highest BCUT2D eigenvalue weighted by Gasteiger charge is 2.53. The van der Waals surface area contributed by atoms with Crippen molar-refractivity contribution in [3.63, 3.8) is 0 Å². The van der Waals surface area contributed by atoms with Crippen LogP contribution in [0.1, 0.15) is 18.3 Å². The molecule has 4 heterocycles. The molecule has 178 valence electrons. The molecule has 0 radical (unpaired) electrons. The first-order valence-corrected chi connectivity index (χ1v) is 12.0. The number of rotatable bonds is 8. The van der Waals surface area contributed by atoms with Gasteiger partial charge in [0.2, 0.25) is 11.5 Å². The van der Waals surface area contributed by atoms with Crippen molar-refractivity contribution < 1.29 is 28.9 Å². The molecule has 2 aliphatic heterocycles. The number of β-lactam (4-membered cyclic amide) rings is 1. The van der Waals surface area contributed by atoms with Gasteiger partial charge in [0.15, 0.2) is 24.1 Å². The van der Waals surface area contributed by atoms with Crippen molar-refractivity contribution >= 4 is 51.9 Å². The lowest BCUT2D eigenvalue weighted by Crippen LogP contribution is -2.71. The van der Waals surface area contributed by atoms with Crippen LogP contribution in [0.4, 0.5) is 5.13 Å². The number of hydrogen-bond acceptors (Lipinski definition) is 11. The standard InChI is InChI=1S/C20H21N7O5S2/c1-3-10-5-4-6-26(7-10)8-11-9-33-18-13(17(29)27(18)14(11)19(30)31)22-16(28)12(24-32-2)15-23-20(21)34-25-15/h4-7,13,18H,3,8-9H2,1-2H3,(H3-,21,22,23,25,28,30,31)/t13?,18-/m0/s1. The Morgan fingerprint density at radius 3 is 2.91 bits per heavy atom. The molecule has 0 bridgehead atoms. The number of carboxylic acids is 1. The van der Waals surface area contributed by atoms with Crippen LogP contribution in [0.25, 0.3) is 0 Å². The smallest absolute Gasteiger partial charge is 0.278 e. The number of fused-ring (bicyclic) bond motifs is 1. The number of carbonyl (C=O) groups excluding carboxylic acids is 3. The van der Waals surface area contributed by atoms with Gasteiger partial charge in [-0.3, -0.25) is 14.5 Å². The topological polar surface area (TPSA) is 167 Å². The fraction of sp³-hybridized carbons (Fsp3) is 0.350. The molecule has 2 aliphatic rings. The van der Waals surface area contributed by atoms with Gasteiger partial charge < -0.3 is 25.8 Å². The molecule has 2 amide bonds. The monoisotopic (exact) mass is 503 g/mol. The summed E-state index contributed by atoms with van der Waals surface area (Å²) in [4.78, 5) is 47.5. The Morgan fingerprint density at radius 1 is 1.47 bits per heavy atom. The molecule has 0 aliphatic carbocycles. The number of anilines is 1. The predicted octanol–water partition coefficient (Wildman–Crippen LogP) is -1.58. The molecule has 34 heavy (non-hydrogen) atoms. The second-order valence-electron chi connectivity index (χ2n) is 7.42. The van der Waals surface area contributed by atoms with Crippen molar-refractivity contribution in [3.8, 4) is 0 Å². The van der Waals surface area contributed by atoms with Crippen LogP contribution < -0.4 is 20.7 Å². The summed E-state index contributed by atoms with van der Waals surface area (Å²) in [5.74, 6) is -2.41.